The van der Waals surface area contributed by atoms with Crippen molar-refractivity contribution in [2.24, 2.45) is 5.73 Å². The molecule has 41 heavy (non-hydrogen) atoms. The molecule has 2 aromatic rings. The summed E-state index contributed by atoms with van der Waals surface area (Å²) in [6.07, 6.45) is 10.3. The van der Waals surface area contributed by atoms with Gasteiger partial charge >= 0.3 is 5.97 Å². The second-order valence-electron chi connectivity index (χ2n) is 10.0. The smallest absolute Gasteiger partial charge is 0.320 e. The van der Waals surface area contributed by atoms with E-state index in [-0.39, 0.29) is 54.0 Å². The molecular formula is C28H37Cl3N4O5S. The second kappa shape index (κ2) is 15.7. The van der Waals surface area contributed by atoms with Gasteiger partial charge in [-0.2, -0.15) is 0 Å². The van der Waals surface area contributed by atoms with E-state index < -0.39 is 21.7 Å². The highest BCUT2D eigenvalue weighted by atomic mass is 35.5. The van der Waals surface area contributed by atoms with Crippen LogP contribution in [0.3, 0.4) is 0 Å². The van der Waals surface area contributed by atoms with E-state index in [4.69, 9.17) is 27.5 Å². The Balaban J connectivity index is 0.00000294. The number of likely N-dealkylation sites (tertiary alicyclic amines) is 1. The molecule has 0 spiro atoms. The largest absolute Gasteiger partial charge is 0.489 e. The lowest BCUT2D eigenvalue weighted by Gasteiger charge is -2.36. The summed E-state index contributed by atoms with van der Waals surface area (Å²) < 4.78 is 33.1. The Hall–Kier alpha value is -2.50. The van der Waals surface area contributed by atoms with E-state index in [9.17, 15) is 18.3 Å². The minimum Gasteiger partial charge on any atom is -0.489 e. The maximum absolute atomic E-state index is 13.0. The number of halogens is 3. The fourth-order valence-corrected chi connectivity index (χ4v) is 6.69. The van der Waals surface area contributed by atoms with Crippen LogP contribution in [0.1, 0.15) is 49.7 Å². The standard InChI is InChI=1S/C28H35ClN4O5S.2ClH/c29-25-18-23(10-11-26(25)38-24-12-15-32(16-13-24)22-8-1-2-9-22)33(39(36,37)19-27(34)35)14-4-6-20-5-3-7-21(17-20)28(30)31;;/h3-7,10-11,17-18,22,24H,1-2,8-9,12-16,19H2,(H3,30,31)(H,34,35);2*1H/b6-4+;;. The molecule has 0 aromatic heterocycles. The van der Waals surface area contributed by atoms with Crippen molar-refractivity contribution < 1.29 is 23.1 Å². The lowest BCUT2D eigenvalue weighted by atomic mass is 10.0. The number of carbonyl (C=O) groups is 1. The van der Waals surface area contributed by atoms with Crippen LogP contribution >= 0.6 is 36.4 Å². The van der Waals surface area contributed by atoms with Crippen molar-refractivity contribution in [3.63, 3.8) is 0 Å². The Labute approximate surface area is 259 Å². The Morgan fingerprint density at radius 2 is 1.80 bits per heavy atom. The Morgan fingerprint density at radius 3 is 2.41 bits per heavy atom. The van der Waals surface area contributed by atoms with Crippen molar-refractivity contribution in [2.45, 2.75) is 50.7 Å². The molecule has 2 aliphatic rings. The molecule has 0 amide bonds. The first kappa shape index (κ1) is 34.7. The zero-order valence-corrected chi connectivity index (χ0v) is 25.8. The average molecular weight is 648 g/mol. The van der Waals surface area contributed by atoms with Gasteiger partial charge in [-0.3, -0.25) is 14.5 Å². The predicted octanol–water partition coefficient (Wildman–Crippen LogP) is 5.19. The molecule has 1 saturated heterocycles. The van der Waals surface area contributed by atoms with Gasteiger partial charge in [-0.05, 0) is 55.5 Å². The van der Waals surface area contributed by atoms with Crippen LogP contribution in [-0.4, -0.2) is 67.8 Å². The van der Waals surface area contributed by atoms with Crippen molar-refractivity contribution >= 4 is 70.0 Å². The lowest BCUT2D eigenvalue weighted by molar-refractivity contribution is -0.134. The van der Waals surface area contributed by atoms with Crippen LogP contribution in [0.5, 0.6) is 5.75 Å². The fourth-order valence-electron chi connectivity index (χ4n) is 5.26. The molecule has 2 aromatic carbocycles. The molecule has 0 radical (unpaired) electrons. The minimum absolute atomic E-state index is 0. The number of sulfonamides is 1. The number of piperidine rings is 1. The van der Waals surface area contributed by atoms with Gasteiger partial charge in [-0.1, -0.05) is 54.8 Å². The number of hydrogen-bond acceptors (Lipinski definition) is 6. The first-order valence-electron chi connectivity index (χ1n) is 13.2. The van der Waals surface area contributed by atoms with Gasteiger partial charge < -0.3 is 20.5 Å². The highest BCUT2D eigenvalue weighted by molar-refractivity contribution is 7.93. The van der Waals surface area contributed by atoms with Crippen LogP contribution in [0.25, 0.3) is 6.08 Å². The summed E-state index contributed by atoms with van der Waals surface area (Å²) in [7, 11) is -4.20. The number of ether oxygens (including phenoxy) is 1. The van der Waals surface area contributed by atoms with Crippen molar-refractivity contribution in [1.29, 1.82) is 5.41 Å². The first-order chi connectivity index (χ1) is 18.6. The summed E-state index contributed by atoms with van der Waals surface area (Å²) in [6, 6.07) is 12.4. The molecule has 4 rings (SSSR count). The summed E-state index contributed by atoms with van der Waals surface area (Å²) in [5.41, 5.74) is 7.05. The predicted molar refractivity (Wildman–Crippen MR) is 169 cm³/mol. The number of nitrogens with one attached hydrogen (secondary N) is 1. The van der Waals surface area contributed by atoms with Crippen LogP contribution in [-0.2, 0) is 14.8 Å². The van der Waals surface area contributed by atoms with E-state index in [1.165, 1.54) is 31.7 Å². The average Bonchev–Trinajstić information content (AvgIpc) is 3.43. The van der Waals surface area contributed by atoms with Gasteiger partial charge in [0.05, 0.1) is 17.3 Å². The number of nitrogens with two attached hydrogens (primary N) is 1. The third-order valence-corrected chi connectivity index (χ3v) is 9.17. The van der Waals surface area contributed by atoms with Gasteiger partial charge in [0.25, 0.3) is 0 Å². The molecular weight excluding hydrogens is 611 g/mol. The van der Waals surface area contributed by atoms with E-state index >= 15 is 0 Å². The van der Waals surface area contributed by atoms with Crippen molar-refractivity contribution in [3.8, 4) is 5.75 Å². The van der Waals surface area contributed by atoms with Gasteiger partial charge in [-0.25, -0.2) is 8.42 Å². The maximum atomic E-state index is 13.0. The van der Waals surface area contributed by atoms with Gasteiger partial charge in [0, 0.05) is 24.7 Å². The SMILES string of the molecule is Cl.Cl.N=C(N)c1cccc(/C=C/CN(c2ccc(OC3CCN(C4CCCC4)CC3)c(Cl)c2)S(=O)(=O)CC(=O)O)c1. The Bertz CT molecular complexity index is 1330. The molecule has 1 heterocycles. The minimum atomic E-state index is -4.20. The van der Waals surface area contributed by atoms with Crippen molar-refractivity contribution in [3.05, 3.63) is 64.7 Å². The monoisotopic (exact) mass is 646 g/mol. The van der Waals surface area contributed by atoms with E-state index in [1.54, 1.807) is 48.6 Å². The summed E-state index contributed by atoms with van der Waals surface area (Å²) in [5.74, 6) is -2.11. The summed E-state index contributed by atoms with van der Waals surface area (Å²) in [4.78, 5) is 13.9. The van der Waals surface area contributed by atoms with Gasteiger partial charge in [0.1, 0.15) is 17.7 Å². The van der Waals surface area contributed by atoms with Crippen LogP contribution in [0, 0.1) is 5.41 Å². The number of hydrogen-bond donors (Lipinski definition) is 3. The number of benzene rings is 2. The van der Waals surface area contributed by atoms with Gasteiger partial charge in [0.2, 0.25) is 10.0 Å². The quantitative estimate of drug-likeness (QED) is 0.226. The number of carboxylic acids is 1. The van der Waals surface area contributed by atoms with Crippen LogP contribution < -0.4 is 14.8 Å². The maximum Gasteiger partial charge on any atom is 0.320 e. The molecule has 0 unspecified atom stereocenters. The Kier molecular flexibility index (Phi) is 13.2. The molecule has 0 atom stereocenters. The van der Waals surface area contributed by atoms with E-state index in [1.807, 2.05) is 0 Å². The van der Waals surface area contributed by atoms with Crippen LogP contribution in [0.15, 0.2) is 48.5 Å². The number of amidine groups is 1. The normalized spacial score (nSPS) is 16.6. The zero-order chi connectivity index (χ0) is 28.0. The Morgan fingerprint density at radius 1 is 1.12 bits per heavy atom. The summed E-state index contributed by atoms with van der Waals surface area (Å²) >= 11 is 6.53. The zero-order valence-electron chi connectivity index (χ0n) is 22.6. The van der Waals surface area contributed by atoms with Crippen LogP contribution in [0.4, 0.5) is 5.69 Å². The molecule has 1 saturated carbocycles. The third-order valence-electron chi connectivity index (χ3n) is 7.24. The topological polar surface area (TPSA) is 137 Å². The number of aliphatic carboxylic acids is 1. The highest BCUT2D eigenvalue weighted by Gasteiger charge is 2.29. The van der Waals surface area contributed by atoms with E-state index in [0.717, 1.165) is 35.8 Å². The first-order valence-corrected chi connectivity index (χ1v) is 15.1. The number of nitrogens with zero attached hydrogens (tertiary/aromatic N) is 2. The van der Waals surface area contributed by atoms with Gasteiger partial charge in [0.15, 0.2) is 5.75 Å². The summed E-state index contributed by atoms with van der Waals surface area (Å²) in [5, 5.41) is 17.0. The van der Waals surface area contributed by atoms with E-state index in [0.29, 0.717) is 17.4 Å². The lowest BCUT2D eigenvalue weighted by Crippen LogP contribution is -2.43. The van der Waals surface area contributed by atoms with Crippen molar-refractivity contribution in [2.75, 3.05) is 29.7 Å². The van der Waals surface area contributed by atoms with E-state index in [2.05, 4.69) is 4.90 Å². The fraction of sp³-hybridized carbons (Fsp3) is 0.429. The van der Waals surface area contributed by atoms with Crippen LogP contribution in [0.2, 0.25) is 5.02 Å². The molecule has 1 aliphatic carbocycles. The van der Waals surface area contributed by atoms with Crippen molar-refractivity contribution in [1.82, 2.24) is 4.90 Å². The number of anilines is 1. The molecule has 9 nitrogen and oxygen atoms in total. The van der Waals surface area contributed by atoms with Gasteiger partial charge in [-0.15, -0.1) is 24.8 Å². The molecule has 2 fully saturated rings. The third kappa shape index (κ3) is 9.51. The number of rotatable bonds is 11. The molecule has 226 valence electrons. The summed E-state index contributed by atoms with van der Waals surface area (Å²) in [6.45, 7) is 1.87. The number of carboxylic acid groups (broad SMARTS) is 1. The molecule has 13 heteroatoms. The number of nitrogen functional groups attached to an aromatic ring is 1. The second-order valence-corrected chi connectivity index (χ2v) is 12.3. The molecule has 4 N–H and O–H groups in total. The molecule has 1 aliphatic heterocycles. The molecule has 0 bridgehead atoms. The highest BCUT2D eigenvalue weighted by Crippen LogP contribution is 2.33.